The summed E-state index contributed by atoms with van der Waals surface area (Å²) in [4.78, 5) is 26.6. The fraction of sp³-hybridized carbons (Fsp3) is 0.579. The lowest BCUT2D eigenvalue weighted by Gasteiger charge is -2.33. The third-order valence-corrected chi connectivity index (χ3v) is 4.97. The van der Waals surface area contributed by atoms with E-state index in [4.69, 9.17) is 4.74 Å². The molecule has 0 N–H and O–H groups in total. The molecular formula is C19H24FNO3. The molecule has 1 aliphatic carbocycles. The van der Waals surface area contributed by atoms with E-state index in [2.05, 4.69) is 0 Å². The second kappa shape index (κ2) is 7.77. The van der Waals surface area contributed by atoms with Crippen LogP contribution in [0.25, 0.3) is 0 Å². The molecule has 0 bridgehead atoms. The van der Waals surface area contributed by atoms with Gasteiger partial charge >= 0.3 is 5.97 Å². The van der Waals surface area contributed by atoms with Crippen molar-refractivity contribution in [2.24, 2.45) is 5.92 Å². The minimum Gasteiger partial charge on any atom is -0.462 e. The monoisotopic (exact) mass is 333 g/mol. The number of carbonyl (C=O) groups excluding carboxylic acids is 2. The molecule has 1 saturated heterocycles. The Labute approximate surface area is 142 Å². The lowest BCUT2D eigenvalue weighted by Crippen LogP contribution is -2.43. The highest BCUT2D eigenvalue weighted by Crippen LogP contribution is 2.24. The zero-order chi connectivity index (χ0) is 16.9. The highest BCUT2D eigenvalue weighted by molar-refractivity contribution is 5.94. The second-order valence-electron chi connectivity index (χ2n) is 6.79. The van der Waals surface area contributed by atoms with Crippen molar-refractivity contribution < 1.29 is 18.7 Å². The number of ether oxygens (including phenoxy) is 1. The van der Waals surface area contributed by atoms with Crippen molar-refractivity contribution in [1.29, 1.82) is 0 Å². The number of hydrogen-bond donors (Lipinski definition) is 0. The topological polar surface area (TPSA) is 46.6 Å². The molecule has 130 valence electrons. The summed E-state index contributed by atoms with van der Waals surface area (Å²) < 4.78 is 18.7. The molecule has 0 radical (unpaired) electrons. The Balaban J connectivity index is 1.58. The molecule has 1 aromatic carbocycles. The number of nitrogens with zero attached hydrogens (tertiary/aromatic N) is 1. The van der Waals surface area contributed by atoms with Gasteiger partial charge in [-0.2, -0.15) is 0 Å². The van der Waals surface area contributed by atoms with Crippen LogP contribution in [-0.4, -0.2) is 36.0 Å². The molecule has 2 fully saturated rings. The zero-order valence-corrected chi connectivity index (χ0v) is 13.9. The van der Waals surface area contributed by atoms with Crippen LogP contribution >= 0.6 is 0 Å². The van der Waals surface area contributed by atoms with Crippen LogP contribution in [0.3, 0.4) is 0 Å². The Kier molecular flexibility index (Phi) is 5.48. The van der Waals surface area contributed by atoms with Crippen molar-refractivity contribution in [3.8, 4) is 0 Å². The molecule has 1 aromatic rings. The quantitative estimate of drug-likeness (QED) is 0.795. The number of halogens is 1. The van der Waals surface area contributed by atoms with Crippen molar-refractivity contribution in [1.82, 2.24) is 4.90 Å². The number of likely N-dealkylation sites (tertiary alicyclic amines) is 1. The van der Waals surface area contributed by atoms with Gasteiger partial charge in [-0.25, -0.2) is 4.39 Å². The van der Waals surface area contributed by atoms with Gasteiger partial charge in [-0.15, -0.1) is 0 Å². The predicted octanol–water partition coefficient (Wildman–Crippen LogP) is 3.55. The number of hydrogen-bond acceptors (Lipinski definition) is 3. The van der Waals surface area contributed by atoms with E-state index < -0.39 is 0 Å². The Bertz CT molecular complexity index is 581. The van der Waals surface area contributed by atoms with Gasteiger partial charge in [0.25, 0.3) is 5.91 Å². The van der Waals surface area contributed by atoms with Gasteiger partial charge in [0.1, 0.15) is 11.9 Å². The van der Waals surface area contributed by atoms with Gasteiger partial charge in [-0.1, -0.05) is 6.42 Å². The third kappa shape index (κ3) is 4.13. The predicted molar refractivity (Wildman–Crippen MR) is 88.0 cm³/mol. The first-order chi connectivity index (χ1) is 11.6. The molecule has 1 aliphatic heterocycles. The Morgan fingerprint density at radius 2 is 1.71 bits per heavy atom. The second-order valence-corrected chi connectivity index (χ2v) is 6.79. The normalized spacial score (nSPS) is 22.2. The lowest BCUT2D eigenvalue weighted by molar-refractivity contribution is -0.157. The fourth-order valence-corrected chi connectivity index (χ4v) is 3.57. The van der Waals surface area contributed by atoms with Crippen LogP contribution in [0.15, 0.2) is 24.3 Å². The summed E-state index contributed by atoms with van der Waals surface area (Å²) in [6.45, 7) is 1.02. The van der Waals surface area contributed by atoms with Crippen molar-refractivity contribution >= 4 is 11.9 Å². The molecule has 1 atom stereocenters. The van der Waals surface area contributed by atoms with Gasteiger partial charge in [-0.05, 0) is 62.8 Å². The van der Waals surface area contributed by atoms with Crippen LogP contribution in [-0.2, 0) is 9.53 Å². The average Bonchev–Trinajstić information content (AvgIpc) is 2.63. The molecule has 5 heteroatoms. The Morgan fingerprint density at radius 3 is 2.42 bits per heavy atom. The van der Waals surface area contributed by atoms with E-state index in [0.717, 1.165) is 38.5 Å². The SMILES string of the molecule is O=C(OC1CCCCC1)C1CCCN(C(=O)c2ccc(F)cc2)C1. The Morgan fingerprint density at radius 1 is 1.00 bits per heavy atom. The fourth-order valence-electron chi connectivity index (χ4n) is 3.57. The number of esters is 1. The maximum Gasteiger partial charge on any atom is 0.311 e. The number of carbonyl (C=O) groups is 2. The van der Waals surface area contributed by atoms with Gasteiger partial charge in [0.15, 0.2) is 0 Å². The largest absolute Gasteiger partial charge is 0.462 e. The molecule has 24 heavy (non-hydrogen) atoms. The van der Waals surface area contributed by atoms with Crippen LogP contribution in [0.1, 0.15) is 55.3 Å². The molecule has 1 saturated carbocycles. The number of amides is 1. The van der Waals surface area contributed by atoms with Gasteiger partial charge < -0.3 is 9.64 Å². The van der Waals surface area contributed by atoms with Crippen LogP contribution < -0.4 is 0 Å². The zero-order valence-electron chi connectivity index (χ0n) is 13.9. The van der Waals surface area contributed by atoms with Gasteiger partial charge in [-0.3, -0.25) is 9.59 Å². The number of piperidine rings is 1. The maximum atomic E-state index is 13.0. The highest BCUT2D eigenvalue weighted by Gasteiger charge is 2.31. The lowest BCUT2D eigenvalue weighted by atomic mass is 9.95. The first-order valence-electron chi connectivity index (χ1n) is 8.89. The molecule has 3 rings (SSSR count). The van der Waals surface area contributed by atoms with Gasteiger partial charge in [0.2, 0.25) is 0 Å². The van der Waals surface area contributed by atoms with Crippen LogP contribution in [0.5, 0.6) is 0 Å². The minimum absolute atomic E-state index is 0.0504. The van der Waals surface area contributed by atoms with E-state index in [0.29, 0.717) is 18.7 Å². The van der Waals surface area contributed by atoms with E-state index in [9.17, 15) is 14.0 Å². The molecule has 4 nitrogen and oxygen atoms in total. The van der Waals surface area contributed by atoms with Crippen LogP contribution in [0.4, 0.5) is 4.39 Å². The molecule has 1 amide bonds. The van der Waals surface area contributed by atoms with Crippen LogP contribution in [0, 0.1) is 11.7 Å². The van der Waals surface area contributed by atoms with Crippen molar-refractivity contribution in [3.63, 3.8) is 0 Å². The van der Waals surface area contributed by atoms with E-state index in [1.54, 1.807) is 4.90 Å². The summed E-state index contributed by atoms with van der Waals surface area (Å²) in [5.74, 6) is -0.923. The summed E-state index contributed by atoms with van der Waals surface area (Å²) in [6, 6.07) is 5.54. The van der Waals surface area contributed by atoms with Crippen molar-refractivity contribution in [2.75, 3.05) is 13.1 Å². The Hall–Kier alpha value is -1.91. The summed E-state index contributed by atoms with van der Waals surface area (Å²) in [5.41, 5.74) is 0.456. The maximum absolute atomic E-state index is 13.0. The summed E-state index contributed by atoms with van der Waals surface area (Å²) in [7, 11) is 0. The van der Waals surface area contributed by atoms with Crippen molar-refractivity contribution in [3.05, 3.63) is 35.6 Å². The standard InChI is InChI=1S/C19H24FNO3/c20-16-10-8-14(9-11-16)18(22)21-12-4-5-15(13-21)19(23)24-17-6-2-1-3-7-17/h8-11,15,17H,1-7,12-13H2. The molecule has 0 aromatic heterocycles. The van der Waals surface area contributed by atoms with E-state index >= 15 is 0 Å². The molecule has 0 spiro atoms. The summed E-state index contributed by atoms with van der Waals surface area (Å²) in [6.07, 6.45) is 6.98. The summed E-state index contributed by atoms with van der Waals surface area (Å²) >= 11 is 0. The number of rotatable bonds is 3. The van der Waals surface area contributed by atoms with Crippen LogP contribution in [0.2, 0.25) is 0 Å². The van der Waals surface area contributed by atoms with E-state index in [-0.39, 0.29) is 29.7 Å². The van der Waals surface area contributed by atoms with Gasteiger partial charge in [0.05, 0.1) is 5.92 Å². The first-order valence-corrected chi connectivity index (χ1v) is 8.89. The first kappa shape index (κ1) is 16.9. The van der Waals surface area contributed by atoms with Gasteiger partial charge in [0, 0.05) is 18.7 Å². The van der Waals surface area contributed by atoms with Crippen molar-refractivity contribution in [2.45, 2.75) is 51.0 Å². The highest BCUT2D eigenvalue weighted by atomic mass is 19.1. The van der Waals surface area contributed by atoms with E-state index in [1.807, 2.05) is 0 Å². The molecule has 1 unspecified atom stereocenters. The number of benzene rings is 1. The molecule has 1 heterocycles. The van der Waals surface area contributed by atoms with E-state index in [1.165, 1.54) is 30.7 Å². The summed E-state index contributed by atoms with van der Waals surface area (Å²) in [5, 5.41) is 0. The molecular weight excluding hydrogens is 309 g/mol. The minimum atomic E-state index is -0.362. The smallest absolute Gasteiger partial charge is 0.311 e. The third-order valence-electron chi connectivity index (χ3n) is 4.97. The average molecular weight is 333 g/mol. The molecule has 2 aliphatic rings.